The van der Waals surface area contributed by atoms with Crippen LogP contribution in [-0.2, 0) is 9.84 Å². The summed E-state index contributed by atoms with van der Waals surface area (Å²) in [5, 5.41) is 15.9. The third-order valence-electron chi connectivity index (χ3n) is 4.51. The van der Waals surface area contributed by atoms with E-state index in [0.717, 1.165) is 24.3 Å². The number of non-ortho nitro benzene ring substituents is 1. The minimum Gasteiger partial charge on any atom is -0.455 e. The molecule has 0 saturated heterocycles. The number of carbonyl (C=O) groups is 1. The van der Waals surface area contributed by atoms with Crippen LogP contribution >= 0.6 is 0 Å². The lowest BCUT2D eigenvalue weighted by atomic mass is 10.1. The van der Waals surface area contributed by atoms with Crippen LogP contribution in [0.1, 0.15) is 10.5 Å². The van der Waals surface area contributed by atoms with Crippen molar-refractivity contribution in [2.24, 2.45) is 0 Å². The quantitative estimate of drug-likeness (QED) is 0.331. The van der Waals surface area contributed by atoms with Gasteiger partial charge in [0, 0.05) is 23.9 Å². The third-order valence-corrected chi connectivity index (χ3v) is 6.10. The number of halogens is 1. The minimum atomic E-state index is -4.49. The molecule has 0 unspecified atom stereocenters. The number of nitrogens with one attached hydrogen (secondary N) is 1. The molecule has 4 rings (SSSR count). The molecule has 0 spiro atoms. The van der Waals surface area contributed by atoms with Gasteiger partial charge < -0.3 is 4.74 Å². The zero-order valence-corrected chi connectivity index (χ0v) is 17.3. The van der Waals surface area contributed by atoms with E-state index in [1.807, 2.05) is 0 Å². The summed E-state index contributed by atoms with van der Waals surface area (Å²) in [6.07, 6.45) is 2.86. The summed E-state index contributed by atoms with van der Waals surface area (Å²) in [5.74, 6) is 0.159. The summed E-state index contributed by atoms with van der Waals surface area (Å²) >= 11 is 0. The standard InChI is InChI=1S/C21H13FN4O6S/c22-13-1-5-15(6-2-13)32-20-12-23-10-9-17(20)18-11-19(25-24-18)21(27)33(30,31)16-7-3-14(4-8-16)26(28)29/h1-12H,(H,24,25). The maximum atomic E-state index is 13.1. The average molecular weight is 468 g/mol. The summed E-state index contributed by atoms with van der Waals surface area (Å²) in [6, 6.07) is 12.0. The van der Waals surface area contributed by atoms with Crippen molar-refractivity contribution in [3.8, 4) is 22.8 Å². The lowest BCUT2D eigenvalue weighted by Crippen LogP contribution is -2.15. The lowest BCUT2D eigenvalue weighted by Gasteiger charge is -2.09. The SMILES string of the molecule is O=C(c1cc(-c2ccncc2Oc2ccc(F)cc2)[nH]n1)S(=O)(=O)c1ccc([N+](=O)[O-])cc1. The Morgan fingerprint density at radius 2 is 1.76 bits per heavy atom. The Bertz CT molecular complexity index is 1450. The van der Waals surface area contributed by atoms with E-state index in [1.165, 1.54) is 42.7 Å². The van der Waals surface area contributed by atoms with Gasteiger partial charge in [-0.1, -0.05) is 0 Å². The number of pyridine rings is 1. The van der Waals surface area contributed by atoms with Gasteiger partial charge in [-0.05, 0) is 48.5 Å². The largest absolute Gasteiger partial charge is 0.455 e. The molecular formula is C21H13FN4O6S. The lowest BCUT2D eigenvalue weighted by molar-refractivity contribution is -0.384. The van der Waals surface area contributed by atoms with Crippen LogP contribution in [0, 0.1) is 15.9 Å². The van der Waals surface area contributed by atoms with Crippen LogP contribution in [0.5, 0.6) is 11.5 Å². The number of nitro groups is 1. The molecule has 2 heterocycles. The van der Waals surface area contributed by atoms with E-state index in [2.05, 4.69) is 15.2 Å². The molecule has 33 heavy (non-hydrogen) atoms. The van der Waals surface area contributed by atoms with Gasteiger partial charge in [0.2, 0.25) is 9.84 Å². The van der Waals surface area contributed by atoms with Crippen molar-refractivity contribution in [3.05, 3.63) is 94.7 Å². The number of rotatable bonds is 6. The Kier molecular flexibility index (Phi) is 5.67. The molecule has 1 N–H and O–H groups in total. The number of aromatic amines is 1. The second-order valence-electron chi connectivity index (χ2n) is 6.64. The van der Waals surface area contributed by atoms with E-state index in [0.29, 0.717) is 11.3 Å². The fourth-order valence-corrected chi connectivity index (χ4v) is 3.96. The van der Waals surface area contributed by atoms with Crippen molar-refractivity contribution >= 4 is 20.6 Å². The molecule has 0 aliphatic carbocycles. The fourth-order valence-electron chi connectivity index (χ4n) is 2.87. The van der Waals surface area contributed by atoms with Crippen LogP contribution in [0.2, 0.25) is 0 Å². The minimum absolute atomic E-state index is 0.255. The number of nitrogens with zero attached hydrogens (tertiary/aromatic N) is 3. The predicted octanol–water partition coefficient (Wildman–Crippen LogP) is 3.93. The molecule has 0 bridgehead atoms. The number of ether oxygens (including phenoxy) is 1. The first kappa shape index (κ1) is 21.8. The third kappa shape index (κ3) is 4.45. The number of aromatic nitrogens is 3. The number of hydrogen-bond acceptors (Lipinski definition) is 8. The van der Waals surface area contributed by atoms with Crippen LogP contribution < -0.4 is 4.74 Å². The van der Waals surface area contributed by atoms with Crippen molar-refractivity contribution in [2.75, 3.05) is 0 Å². The van der Waals surface area contributed by atoms with Gasteiger partial charge in [0.1, 0.15) is 17.3 Å². The van der Waals surface area contributed by atoms with Crippen LogP contribution in [0.15, 0.2) is 78.0 Å². The molecule has 2 aromatic carbocycles. The maximum Gasteiger partial charge on any atom is 0.301 e. The maximum absolute atomic E-state index is 13.1. The highest BCUT2D eigenvalue weighted by molar-refractivity contribution is 8.06. The monoisotopic (exact) mass is 468 g/mol. The zero-order chi connectivity index (χ0) is 23.6. The average Bonchev–Trinajstić information content (AvgIpc) is 3.30. The molecular weight excluding hydrogens is 455 g/mol. The van der Waals surface area contributed by atoms with E-state index in [1.54, 1.807) is 6.07 Å². The smallest absolute Gasteiger partial charge is 0.301 e. The molecule has 12 heteroatoms. The molecule has 0 atom stereocenters. The second-order valence-corrected chi connectivity index (χ2v) is 8.49. The van der Waals surface area contributed by atoms with E-state index in [4.69, 9.17) is 4.74 Å². The Labute approximate surface area is 185 Å². The molecule has 4 aromatic rings. The first-order chi connectivity index (χ1) is 15.8. The molecule has 166 valence electrons. The van der Waals surface area contributed by atoms with Crippen LogP contribution in [-0.4, -0.2) is 33.6 Å². The van der Waals surface area contributed by atoms with Gasteiger partial charge in [0.05, 0.1) is 21.7 Å². The van der Waals surface area contributed by atoms with Gasteiger partial charge in [0.25, 0.3) is 5.69 Å². The van der Waals surface area contributed by atoms with Crippen LogP contribution in [0.25, 0.3) is 11.3 Å². The summed E-state index contributed by atoms with van der Waals surface area (Å²) in [6.45, 7) is 0. The molecule has 0 aliphatic heterocycles. The molecule has 0 amide bonds. The zero-order valence-electron chi connectivity index (χ0n) is 16.5. The Hall–Kier alpha value is -4.45. The van der Waals surface area contributed by atoms with E-state index >= 15 is 0 Å². The molecule has 0 aliphatic rings. The van der Waals surface area contributed by atoms with Crippen molar-refractivity contribution in [3.63, 3.8) is 0 Å². The highest BCUT2D eigenvalue weighted by Gasteiger charge is 2.29. The number of benzene rings is 2. The van der Waals surface area contributed by atoms with Gasteiger partial charge in [0.15, 0.2) is 5.75 Å². The van der Waals surface area contributed by atoms with Crippen molar-refractivity contribution in [1.82, 2.24) is 15.2 Å². The Balaban J connectivity index is 1.62. The number of carbonyl (C=O) groups excluding carboxylic acids is 1. The molecule has 10 nitrogen and oxygen atoms in total. The van der Waals surface area contributed by atoms with Gasteiger partial charge in [-0.25, -0.2) is 12.8 Å². The number of hydrogen-bond donors (Lipinski definition) is 1. The van der Waals surface area contributed by atoms with Gasteiger partial charge >= 0.3 is 5.12 Å². The second kappa shape index (κ2) is 8.59. The first-order valence-corrected chi connectivity index (χ1v) is 10.7. The summed E-state index contributed by atoms with van der Waals surface area (Å²) in [7, 11) is -4.49. The van der Waals surface area contributed by atoms with Crippen molar-refractivity contribution in [1.29, 1.82) is 0 Å². The van der Waals surface area contributed by atoms with Gasteiger partial charge in [-0.2, -0.15) is 5.10 Å². The molecule has 0 fully saturated rings. The van der Waals surface area contributed by atoms with E-state index in [9.17, 15) is 27.7 Å². The predicted molar refractivity (Wildman–Crippen MR) is 113 cm³/mol. The topological polar surface area (TPSA) is 145 Å². The molecule has 0 saturated carbocycles. The van der Waals surface area contributed by atoms with Gasteiger partial charge in [-0.3, -0.25) is 25.0 Å². The Morgan fingerprint density at radius 3 is 2.42 bits per heavy atom. The molecule has 2 aromatic heterocycles. The van der Waals surface area contributed by atoms with Crippen molar-refractivity contribution < 1.29 is 27.3 Å². The number of H-pyrrole nitrogens is 1. The summed E-state index contributed by atoms with van der Waals surface area (Å²) < 4.78 is 44.2. The first-order valence-electron chi connectivity index (χ1n) is 9.23. The summed E-state index contributed by atoms with van der Waals surface area (Å²) in [5.41, 5.74) is 0.00749. The van der Waals surface area contributed by atoms with E-state index in [-0.39, 0.29) is 22.8 Å². The van der Waals surface area contributed by atoms with Gasteiger partial charge in [-0.15, -0.1) is 0 Å². The van der Waals surface area contributed by atoms with E-state index < -0.39 is 30.6 Å². The number of sulfone groups is 1. The Morgan fingerprint density at radius 1 is 1.06 bits per heavy atom. The molecule has 0 radical (unpaired) electrons. The fraction of sp³-hybridized carbons (Fsp3) is 0. The highest BCUT2D eigenvalue weighted by atomic mass is 32.2. The summed E-state index contributed by atoms with van der Waals surface area (Å²) in [4.78, 5) is 26.3. The van der Waals surface area contributed by atoms with Crippen LogP contribution in [0.3, 0.4) is 0 Å². The van der Waals surface area contributed by atoms with Crippen LogP contribution in [0.4, 0.5) is 10.1 Å². The number of nitro benzene ring substituents is 1. The highest BCUT2D eigenvalue weighted by Crippen LogP contribution is 2.32. The normalized spacial score (nSPS) is 11.2. The van der Waals surface area contributed by atoms with Crippen molar-refractivity contribution in [2.45, 2.75) is 4.90 Å².